The Labute approximate surface area is 144 Å². The Bertz CT molecular complexity index is 1090. The van der Waals surface area contributed by atoms with Crippen LogP contribution in [0.1, 0.15) is 27.2 Å². The van der Waals surface area contributed by atoms with Gasteiger partial charge < -0.3 is 0 Å². The number of nitrogens with zero attached hydrogens (tertiary/aromatic N) is 2. The van der Waals surface area contributed by atoms with Crippen molar-refractivity contribution in [2.24, 2.45) is 0 Å². The summed E-state index contributed by atoms with van der Waals surface area (Å²) in [5.74, 6) is -0.350. The molecule has 1 unspecified atom stereocenters. The first kappa shape index (κ1) is 16.3. The van der Waals surface area contributed by atoms with Gasteiger partial charge in [-0.15, -0.1) is 11.3 Å². The molecule has 0 aliphatic heterocycles. The molecule has 2 aromatic heterocycles. The van der Waals surface area contributed by atoms with Gasteiger partial charge in [0.1, 0.15) is 16.5 Å². The number of thiazole rings is 1. The Morgan fingerprint density at radius 1 is 1.29 bits per heavy atom. The highest BCUT2D eigenvalue weighted by atomic mass is 32.2. The average molecular weight is 356 g/mol. The van der Waals surface area contributed by atoms with Crippen LogP contribution in [0.4, 0.5) is 0 Å². The number of carbonyl (C=O) groups excluding carboxylic acids is 1. The molecule has 0 amide bonds. The predicted octanol–water partition coefficient (Wildman–Crippen LogP) is 2.51. The van der Waals surface area contributed by atoms with Gasteiger partial charge in [0.25, 0.3) is 5.56 Å². The molecule has 0 fully saturated rings. The summed E-state index contributed by atoms with van der Waals surface area (Å²) < 4.78 is 13.6. The van der Waals surface area contributed by atoms with Crippen molar-refractivity contribution < 1.29 is 9.00 Å². The van der Waals surface area contributed by atoms with Gasteiger partial charge in [0.2, 0.25) is 0 Å². The van der Waals surface area contributed by atoms with Gasteiger partial charge in [0, 0.05) is 22.9 Å². The van der Waals surface area contributed by atoms with Gasteiger partial charge in [0.15, 0.2) is 5.78 Å². The maximum atomic E-state index is 13.0. The number of nitriles is 1. The highest BCUT2D eigenvalue weighted by Gasteiger charge is 2.27. The Morgan fingerprint density at radius 2 is 1.96 bits per heavy atom. The molecule has 0 saturated carbocycles. The maximum absolute atomic E-state index is 13.0. The van der Waals surface area contributed by atoms with Crippen LogP contribution in [0.3, 0.4) is 0 Å². The second-order valence-electron chi connectivity index (χ2n) is 5.16. The minimum atomic E-state index is -1.65. The van der Waals surface area contributed by atoms with Gasteiger partial charge >= 0.3 is 0 Å². The monoisotopic (exact) mass is 356 g/mol. The number of aryl methyl sites for hydroxylation is 1. The molecule has 0 radical (unpaired) electrons. The predicted molar refractivity (Wildman–Crippen MR) is 93.2 cm³/mol. The lowest BCUT2D eigenvalue weighted by Gasteiger charge is -2.11. The molecule has 24 heavy (non-hydrogen) atoms. The van der Waals surface area contributed by atoms with Crippen LogP contribution in [-0.2, 0) is 10.8 Å². The van der Waals surface area contributed by atoms with Crippen molar-refractivity contribution in [2.75, 3.05) is 6.26 Å². The summed E-state index contributed by atoms with van der Waals surface area (Å²) in [6.45, 7) is 1.73. The van der Waals surface area contributed by atoms with Crippen molar-refractivity contribution in [1.82, 2.24) is 4.40 Å². The Kier molecular flexibility index (Phi) is 4.18. The first-order chi connectivity index (χ1) is 11.5. The van der Waals surface area contributed by atoms with Gasteiger partial charge in [-0.3, -0.25) is 18.2 Å². The van der Waals surface area contributed by atoms with Crippen molar-refractivity contribution in [3.8, 4) is 6.07 Å². The Morgan fingerprint density at radius 3 is 2.54 bits per heavy atom. The van der Waals surface area contributed by atoms with E-state index in [9.17, 15) is 19.1 Å². The van der Waals surface area contributed by atoms with E-state index in [0.29, 0.717) is 16.1 Å². The highest BCUT2D eigenvalue weighted by Crippen LogP contribution is 2.28. The van der Waals surface area contributed by atoms with E-state index in [0.717, 1.165) is 0 Å². The zero-order chi connectivity index (χ0) is 17.4. The molecule has 5 nitrogen and oxygen atoms in total. The number of pyridine rings is 1. The second-order valence-corrected chi connectivity index (χ2v) is 7.34. The summed E-state index contributed by atoms with van der Waals surface area (Å²) in [6, 6.07) is 10.4. The fraction of sp³-hybridized carbons (Fsp3) is 0.118. The summed E-state index contributed by atoms with van der Waals surface area (Å²) in [5, 5.41) is 11.1. The second kappa shape index (κ2) is 6.15. The average Bonchev–Trinajstić information content (AvgIpc) is 2.96. The third kappa shape index (κ3) is 2.40. The third-order valence-corrected chi connectivity index (χ3v) is 5.70. The molecule has 7 heteroatoms. The van der Waals surface area contributed by atoms with Crippen LogP contribution in [0.2, 0.25) is 0 Å². The minimum absolute atomic E-state index is 0.0122. The van der Waals surface area contributed by atoms with Crippen LogP contribution in [-0.4, -0.2) is 20.6 Å². The number of carbonyl (C=O) groups is 1. The van der Waals surface area contributed by atoms with Gasteiger partial charge in [-0.2, -0.15) is 5.26 Å². The first-order valence-corrected chi connectivity index (χ1v) is 9.41. The molecule has 0 aliphatic carbocycles. The first-order valence-electron chi connectivity index (χ1n) is 6.97. The van der Waals surface area contributed by atoms with E-state index in [-0.39, 0.29) is 21.8 Å². The molecule has 0 spiro atoms. The van der Waals surface area contributed by atoms with Crippen LogP contribution in [0.15, 0.2) is 45.4 Å². The molecule has 1 atom stereocenters. The van der Waals surface area contributed by atoms with E-state index in [4.69, 9.17) is 0 Å². The van der Waals surface area contributed by atoms with Gasteiger partial charge in [-0.25, -0.2) is 0 Å². The lowest BCUT2D eigenvalue weighted by Crippen LogP contribution is -2.23. The molecule has 3 aromatic rings. The number of benzene rings is 1. The summed E-state index contributed by atoms with van der Waals surface area (Å²) >= 11 is 1.23. The normalized spacial score (nSPS) is 12.0. The minimum Gasteiger partial charge on any atom is -0.288 e. The number of ketones is 1. The molecule has 0 aliphatic rings. The van der Waals surface area contributed by atoms with Crippen molar-refractivity contribution in [3.63, 3.8) is 0 Å². The molecule has 0 N–H and O–H groups in total. The fourth-order valence-electron chi connectivity index (χ4n) is 2.58. The lowest BCUT2D eigenvalue weighted by atomic mass is 10.0. The number of rotatable bonds is 3. The zero-order valence-corrected chi connectivity index (χ0v) is 14.5. The summed E-state index contributed by atoms with van der Waals surface area (Å²) in [5.41, 5.74) is 0.429. The highest BCUT2D eigenvalue weighted by molar-refractivity contribution is 7.84. The molecular weight excluding hydrogens is 344 g/mol. The summed E-state index contributed by atoms with van der Waals surface area (Å²) in [6.07, 6.45) is 1.37. The van der Waals surface area contributed by atoms with Crippen molar-refractivity contribution in [3.05, 3.63) is 68.4 Å². The summed E-state index contributed by atoms with van der Waals surface area (Å²) in [7, 11) is -1.65. The standard InChI is InChI=1S/C17H12N2O3S2/c1-10-9-23-17-13(14(20)11-6-4-3-5-7-11)15(24(2)22)12(8-18)16(21)19(10)17/h3-7,9H,1-2H3. The van der Waals surface area contributed by atoms with Gasteiger partial charge in [0.05, 0.1) is 21.3 Å². The topological polar surface area (TPSA) is 79.4 Å². The molecule has 3 rings (SSSR count). The van der Waals surface area contributed by atoms with E-state index < -0.39 is 16.4 Å². The molecule has 2 heterocycles. The SMILES string of the molecule is Cc1csc2c(C(=O)c3ccccc3)c(S(C)=O)c(C#N)c(=O)n12. The van der Waals surface area contributed by atoms with Crippen LogP contribution in [0, 0.1) is 18.3 Å². The van der Waals surface area contributed by atoms with Crippen LogP contribution < -0.4 is 5.56 Å². The van der Waals surface area contributed by atoms with Crippen molar-refractivity contribution in [1.29, 1.82) is 5.26 Å². The molecular formula is C17H12N2O3S2. The number of fused-ring (bicyclic) bond motifs is 1. The number of hydrogen-bond donors (Lipinski definition) is 0. The van der Waals surface area contributed by atoms with E-state index in [1.54, 1.807) is 42.6 Å². The molecule has 0 saturated heterocycles. The van der Waals surface area contributed by atoms with Gasteiger partial charge in [-0.1, -0.05) is 30.3 Å². The van der Waals surface area contributed by atoms with Crippen LogP contribution >= 0.6 is 11.3 Å². The number of aromatic nitrogens is 1. The molecule has 0 bridgehead atoms. The van der Waals surface area contributed by atoms with Gasteiger partial charge in [-0.05, 0) is 6.92 Å². The Hall–Kier alpha value is -2.56. The van der Waals surface area contributed by atoms with E-state index in [1.165, 1.54) is 22.0 Å². The van der Waals surface area contributed by atoms with Crippen molar-refractivity contribution in [2.45, 2.75) is 11.8 Å². The van der Waals surface area contributed by atoms with Crippen LogP contribution in [0.5, 0.6) is 0 Å². The van der Waals surface area contributed by atoms with E-state index in [2.05, 4.69) is 0 Å². The molecule has 120 valence electrons. The van der Waals surface area contributed by atoms with E-state index >= 15 is 0 Å². The van der Waals surface area contributed by atoms with Crippen LogP contribution in [0.25, 0.3) is 4.83 Å². The molecule has 1 aromatic carbocycles. The summed E-state index contributed by atoms with van der Waals surface area (Å²) in [4.78, 5) is 26.0. The Balaban J connectivity index is 2.51. The fourth-order valence-corrected chi connectivity index (χ4v) is 4.58. The quantitative estimate of drug-likeness (QED) is 0.676. The third-order valence-electron chi connectivity index (χ3n) is 3.64. The van der Waals surface area contributed by atoms with E-state index in [1.807, 2.05) is 6.07 Å². The number of hydrogen-bond acceptors (Lipinski definition) is 5. The zero-order valence-electron chi connectivity index (χ0n) is 12.9. The lowest BCUT2D eigenvalue weighted by molar-refractivity contribution is 0.103. The largest absolute Gasteiger partial charge is 0.288 e. The maximum Gasteiger partial charge on any atom is 0.275 e. The smallest absolute Gasteiger partial charge is 0.275 e. The van der Waals surface area contributed by atoms with Crippen molar-refractivity contribution >= 4 is 32.7 Å².